The number of rotatable bonds is 11. The normalized spacial score (nSPS) is 16.9. The first-order valence-electron chi connectivity index (χ1n) is 10.7. The predicted molar refractivity (Wildman–Crippen MR) is 112 cm³/mol. The average molecular weight is 378 g/mol. The van der Waals surface area contributed by atoms with Gasteiger partial charge in [-0.25, -0.2) is 9.98 Å². The molecule has 0 amide bonds. The monoisotopic (exact) mass is 377 g/mol. The molecule has 6 heteroatoms. The third kappa shape index (κ3) is 7.17. The Balaban J connectivity index is 1.95. The summed E-state index contributed by atoms with van der Waals surface area (Å²) in [7, 11) is 0. The number of hydrogen-bond donors (Lipinski definition) is 2. The van der Waals surface area contributed by atoms with E-state index in [-0.39, 0.29) is 0 Å². The Morgan fingerprint density at radius 3 is 2.74 bits per heavy atom. The van der Waals surface area contributed by atoms with Crippen LogP contribution in [0, 0.1) is 11.3 Å². The molecule has 1 aliphatic rings. The first-order chi connectivity index (χ1) is 13.1. The molecule has 0 unspecified atom stereocenters. The van der Waals surface area contributed by atoms with Crippen LogP contribution in [0.1, 0.15) is 65.6 Å². The van der Waals surface area contributed by atoms with E-state index in [4.69, 9.17) is 9.73 Å². The van der Waals surface area contributed by atoms with Crippen molar-refractivity contribution in [2.24, 2.45) is 16.3 Å². The summed E-state index contributed by atoms with van der Waals surface area (Å²) in [4.78, 5) is 9.28. The van der Waals surface area contributed by atoms with Gasteiger partial charge in [-0.15, -0.1) is 0 Å². The molecular weight excluding hydrogens is 338 g/mol. The second-order valence-electron chi connectivity index (χ2n) is 8.09. The molecule has 1 aromatic rings. The molecule has 0 bridgehead atoms. The van der Waals surface area contributed by atoms with Gasteiger partial charge in [0.15, 0.2) is 5.96 Å². The highest BCUT2D eigenvalue weighted by Gasteiger charge is 2.33. The van der Waals surface area contributed by atoms with Gasteiger partial charge in [0.05, 0.1) is 0 Å². The quantitative estimate of drug-likeness (QED) is 0.351. The molecule has 154 valence electrons. The number of imidazole rings is 1. The van der Waals surface area contributed by atoms with Gasteiger partial charge >= 0.3 is 0 Å². The molecule has 0 radical (unpaired) electrons. The molecule has 27 heavy (non-hydrogen) atoms. The molecular formula is C21H39N5O. The first-order valence-corrected chi connectivity index (χ1v) is 10.7. The van der Waals surface area contributed by atoms with Crippen molar-refractivity contribution < 1.29 is 4.74 Å². The number of ether oxygens (including phenoxy) is 1. The van der Waals surface area contributed by atoms with Crippen molar-refractivity contribution in [3.63, 3.8) is 0 Å². The van der Waals surface area contributed by atoms with Crippen LogP contribution in [0.4, 0.5) is 0 Å². The largest absolute Gasteiger partial charge is 0.382 e. The highest BCUT2D eigenvalue weighted by Crippen LogP contribution is 2.40. The Morgan fingerprint density at radius 1 is 1.30 bits per heavy atom. The zero-order valence-corrected chi connectivity index (χ0v) is 17.8. The van der Waals surface area contributed by atoms with E-state index in [1.54, 1.807) is 0 Å². The van der Waals surface area contributed by atoms with Crippen molar-refractivity contribution in [3.05, 3.63) is 18.2 Å². The van der Waals surface area contributed by atoms with E-state index in [2.05, 4.69) is 47.9 Å². The predicted octanol–water partition coefficient (Wildman–Crippen LogP) is 3.58. The second-order valence-corrected chi connectivity index (χ2v) is 8.09. The van der Waals surface area contributed by atoms with Gasteiger partial charge in [-0.05, 0) is 44.4 Å². The van der Waals surface area contributed by atoms with E-state index in [1.165, 1.54) is 25.7 Å². The van der Waals surface area contributed by atoms with Gasteiger partial charge in [0.2, 0.25) is 0 Å². The highest BCUT2D eigenvalue weighted by molar-refractivity contribution is 5.79. The van der Waals surface area contributed by atoms with Crippen LogP contribution >= 0.6 is 0 Å². The summed E-state index contributed by atoms with van der Waals surface area (Å²) in [6, 6.07) is 0. The van der Waals surface area contributed by atoms with Gasteiger partial charge in [0.25, 0.3) is 0 Å². The molecule has 0 atom stereocenters. The molecule has 0 saturated heterocycles. The minimum Gasteiger partial charge on any atom is -0.382 e. The lowest BCUT2D eigenvalue weighted by Gasteiger charge is -2.30. The molecule has 0 aromatic carbocycles. The Labute approximate surface area is 165 Å². The smallest absolute Gasteiger partial charge is 0.191 e. The fourth-order valence-corrected chi connectivity index (χ4v) is 3.89. The summed E-state index contributed by atoms with van der Waals surface area (Å²) in [5.41, 5.74) is 0.349. The Hall–Kier alpha value is -1.56. The summed E-state index contributed by atoms with van der Waals surface area (Å²) in [6.45, 7) is 13.7. The lowest BCUT2D eigenvalue weighted by atomic mass is 9.83. The van der Waals surface area contributed by atoms with E-state index in [0.29, 0.717) is 17.9 Å². The van der Waals surface area contributed by atoms with Gasteiger partial charge in [-0.1, -0.05) is 26.7 Å². The van der Waals surface area contributed by atoms with E-state index < -0.39 is 0 Å². The Kier molecular flexibility index (Phi) is 9.11. The van der Waals surface area contributed by atoms with Crippen LogP contribution < -0.4 is 10.6 Å². The SMILES string of the molecule is CCNC(=NCc1nccn1CC(C)C)NCC1(CCOCC)CCCC1. The van der Waals surface area contributed by atoms with Crippen LogP contribution in [0.5, 0.6) is 0 Å². The summed E-state index contributed by atoms with van der Waals surface area (Å²) in [5.74, 6) is 2.51. The number of hydrogen-bond acceptors (Lipinski definition) is 3. The highest BCUT2D eigenvalue weighted by atomic mass is 16.5. The molecule has 1 heterocycles. The minimum atomic E-state index is 0.349. The van der Waals surface area contributed by atoms with Crippen LogP contribution in [0.25, 0.3) is 0 Å². The molecule has 1 aliphatic carbocycles. The number of aliphatic imine (C=N–C) groups is 1. The minimum absolute atomic E-state index is 0.349. The van der Waals surface area contributed by atoms with E-state index in [9.17, 15) is 0 Å². The van der Waals surface area contributed by atoms with E-state index in [1.807, 2.05) is 12.4 Å². The second kappa shape index (κ2) is 11.3. The van der Waals surface area contributed by atoms with Crippen LogP contribution in [-0.2, 0) is 17.8 Å². The van der Waals surface area contributed by atoms with Crippen LogP contribution in [-0.4, -0.2) is 41.8 Å². The third-order valence-corrected chi connectivity index (χ3v) is 5.36. The van der Waals surface area contributed by atoms with Gasteiger partial charge in [0, 0.05) is 45.2 Å². The van der Waals surface area contributed by atoms with Gasteiger partial charge < -0.3 is 19.9 Å². The van der Waals surface area contributed by atoms with Crippen molar-refractivity contribution in [2.75, 3.05) is 26.3 Å². The summed E-state index contributed by atoms with van der Waals surface area (Å²) < 4.78 is 7.84. The zero-order chi connectivity index (χ0) is 19.5. The topological polar surface area (TPSA) is 63.5 Å². The molecule has 6 nitrogen and oxygen atoms in total. The maximum Gasteiger partial charge on any atom is 0.191 e. The third-order valence-electron chi connectivity index (χ3n) is 5.36. The van der Waals surface area contributed by atoms with Crippen LogP contribution in [0.2, 0.25) is 0 Å². The Bertz CT molecular complexity index is 561. The lowest BCUT2D eigenvalue weighted by molar-refractivity contribution is 0.105. The molecule has 1 saturated carbocycles. The standard InChI is InChI=1S/C21H39N5O/c1-5-22-20(24-15-19-23-12-13-26(19)16-18(3)4)25-17-21(9-7-8-10-21)11-14-27-6-2/h12-13,18H,5-11,14-17H2,1-4H3,(H2,22,24,25). The fourth-order valence-electron chi connectivity index (χ4n) is 3.89. The molecule has 0 spiro atoms. The Morgan fingerprint density at radius 2 is 2.07 bits per heavy atom. The van der Waals surface area contributed by atoms with E-state index in [0.717, 1.165) is 51.1 Å². The lowest BCUT2D eigenvalue weighted by Crippen LogP contribution is -2.43. The molecule has 1 fully saturated rings. The summed E-state index contributed by atoms with van der Waals surface area (Å²) in [6.07, 6.45) is 10.3. The maximum atomic E-state index is 5.63. The molecule has 2 N–H and O–H groups in total. The molecule has 0 aliphatic heterocycles. The van der Waals surface area contributed by atoms with Gasteiger partial charge in [0.1, 0.15) is 12.4 Å². The van der Waals surface area contributed by atoms with E-state index >= 15 is 0 Å². The fraction of sp³-hybridized carbons (Fsp3) is 0.810. The summed E-state index contributed by atoms with van der Waals surface area (Å²) in [5, 5.41) is 6.98. The summed E-state index contributed by atoms with van der Waals surface area (Å²) >= 11 is 0. The number of guanidine groups is 1. The van der Waals surface area contributed by atoms with Crippen molar-refractivity contribution >= 4 is 5.96 Å². The molecule has 1 aromatic heterocycles. The van der Waals surface area contributed by atoms with Crippen LogP contribution in [0.3, 0.4) is 0 Å². The molecule has 2 rings (SSSR count). The van der Waals surface area contributed by atoms with Crippen molar-refractivity contribution in [1.29, 1.82) is 0 Å². The number of aromatic nitrogens is 2. The first kappa shape index (κ1) is 21.7. The average Bonchev–Trinajstić information content (AvgIpc) is 3.27. The van der Waals surface area contributed by atoms with Crippen molar-refractivity contribution in [3.8, 4) is 0 Å². The van der Waals surface area contributed by atoms with Crippen LogP contribution in [0.15, 0.2) is 17.4 Å². The number of nitrogens with one attached hydrogen (secondary N) is 2. The maximum absolute atomic E-state index is 5.63. The van der Waals surface area contributed by atoms with Crippen molar-refractivity contribution in [1.82, 2.24) is 20.2 Å². The zero-order valence-electron chi connectivity index (χ0n) is 17.8. The number of nitrogens with zero attached hydrogens (tertiary/aromatic N) is 3. The van der Waals surface area contributed by atoms with Gasteiger partial charge in [-0.2, -0.15) is 0 Å². The van der Waals surface area contributed by atoms with Crippen molar-refractivity contribution in [2.45, 2.75) is 72.9 Å². The van der Waals surface area contributed by atoms with Gasteiger partial charge in [-0.3, -0.25) is 0 Å².